The van der Waals surface area contributed by atoms with E-state index in [1.807, 2.05) is 0 Å². The van der Waals surface area contributed by atoms with Gasteiger partial charge in [-0.05, 0) is 11.1 Å². The second-order valence-electron chi connectivity index (χ2n) is 4.25. The smallest absolute Gasteiger partial charge is 0.414 e. The van der Waals surface area contributed by atoms with Crippen LogP contribution in [0.15, 0.2) is 30.3 Å². The molecule has 0 aliphatic heterocycles. The molecule has 2 rings (SSSR count). The van der Waals surface area contributed by atoms with Gasteiger partial charge in [0.05, 0.1) is 0 Å². The SMILES string of the molecule is CC1(C)C=Cc2ccccc21.N.O=C(O)C(=O)O. The van der Waals surface area contributed by atoms with Crippen molar-refractivity contribution in [2.45, 2.75) is 19.3 Å². The molecule has 5 heteroatoms. The Kier molecular flexibility index (Phi) is 5.26. The van der Waals surface area contributed by atoms with Crippen LogP contribution in [-0.2, 0) is 15.0 Å². The summed E-state index contributed by atoms with van der Waals surface area (Å²) in [6.07, 6.45) is 4.47. The molecule has 0 spiro atoms. The molecule has 1 aliphatic carbocycles. The van der Waals surface area contributed by atoms with Crippen LogP contribution in [0.5, 0.6) is 0 Å². The fraction of sp³-hybridized carbons (Fsp3) is 0.231. The zero-order valence-corrected chi connectivity index (χ0v) is 10.4. The highest BCUT2D eigenvalue weighted by molar-refractivity contribution is 6.27. The predicted octanol–water partition coefficient (Wildman–Crippen LogP) is 2.31. The molecule has 0 unspecified atom stereocenters. The third-order valence-electron chi connectivity index (χ3n) is 2.52. The monoisotopic (exact) mass is 251 g/mol. The molecule has 0 saturated carbocycles. The van der Waals surface area contributed by atoms with Crippen molar-refractivity contribution < 1.29 is 19.8 Å². The highest BCUT2D eigenvalue weighted by atomic mass is 16.4. The largest absolute Gasteiger partial charge is 0.473 e. The van der Waals surface area contributed by atoms with Crippen LogP contribution in [0.25, 0.3) is 6.08 Å². The van der Waals surface area contributed by atoms with Gasteiger partial charge in [0.25, 0.3) is 0 Å². The summed E-state index contributed by atoms with van der Waals surface area (Å²) in [7, 11) is 0. The zero-order chi connectivity index (χ0) is 13.1. The number of benzene rings is 1. The van der Waals surface area contributed by atoms with Gasteiger partial charge in [-0.25, -0.2) is 9.59 Å². The first kappa shape index (κ1) is 15.9. The lowest BCUT2D eigenvalue weighted by atomic mass is 9.87. The van der Waals surface area contributed by atoms with E-state index in [4.69, 9.17) is 19.8 Å². The number of fused-ring (bicyclic) bond motifs is 1. The summed E-state index contributed by atoms with van der Waals surface area (Å²) in [5.41, 5.74) is 3.06. The molecule has 0 atom stereocenters. The van der Waals surface area contributed by atoms with Crippen LogP contribution in [0.1, 0.15) is 25.0 Å². The Morgan fingerprint density at radius 3 is 2.00 bits per heavy atom. The first-order chi connectivity index (χ1) is 7.84. The number of carboxylic acid groups (broad SMARTS) is 2. The minimum absolute atomic E-state index is 0. The van der Waals surface area contributed by atoms with Gasteiger partial charge < -0.3 is 16.4 Å². The van der Waals surface area contributed by atoms with Crippen LogP contribution < -0.4 is 6.15 Å². The molecule has 0 radical (unpaired) electrons. The van der Waals surface area contributed by atoms with Crippen molar-refractivity contribution in [3.8, 4) is 0 Å². The Morgan fingerprint density at radius 1 is 1.06 bits per heavy atom. The fourth-order valence-corrected chi connectivity index (χ4v) is 1.62. The number of carboxylic acids is 2. The maximum absolute atomic E-state index is 9.10. The van der Waals surface area contributed by atoms with Crippen LogP contribution in [0, 0.1) is 0 Å². The van der Waals surface area contributed by atoms with Gasteiger partial charge in [-0.15, -0.1) is 0 Å². The van der Waals surface area contributed by atoms with E-state index in [-0.39, 0.29) is 11.6 Å². The van der Waals surface area contributed by atoms with Crippen molar-refractivity contribution in [1.82, 2.24) is 6.15 Å². The molecule has 0 heterocycles. The highest BCUT2D eigenvalue weighted by Gasteiger charge is 2.23. The van der Waals surface area contributed by atoms with Gasteiger partial charge in [-0.3, -0.25) is 0 Å². The van der Waals surface area contributed by atoms with E-state index >= 15 is 0 Å². The maximum Gasteiger partial charge on any atom is 0.414 e. The topological polar surface area (TPSA) is 110 Å². The second kappa shape index (κ2) is 5.97. The van der Waals surface area contributed by atoms with E-state index in [9.17, 15) is 0 Å². The lowest BCUT2D eigenvalue weighted by Crippen LogP contribution is -2.10. The second-order valence-corrected chi connectivity index (χ2v) is 4.25. The Bertz CT molecular complexity index is 466. The first-order valence-electron chi connectivity index (χ1n) is 5.09. The van der Waals surface area contributed by atoms with Crippen molar-refractivity contribution in [3.63, 3.8) is 0 Å². The zero-order valence-electron chi connectivity index (χ0n) is 10.4. The van der Waals surface area contributed by atoms with Gasteiger partial charge in [0, 0.05) is 5.41 Å². The van der Waals surface area contributed by atoms with E-state index < -0.39 is 11.9 Å². The molecule has 0 fully saturated rings. The van der Waals surface area contributed by atoms with Crippen LogP contribution in [0.3, 0.4) is 0 Å². The molecule has 0 amide bonds. The molecule has 0 aromatic heterocycles. The molecular formula is C13H17NO4. The van der Waals surface area contributed by atoms with Crippen molar-refractivity contribution in [2.75, 3.05) is 0 Å². The summed E-state index contributed by atoms with van der Waals surface area (Å²) in [6.45, 7) is 4.49. The van der Waals surface area contributed by atoms with E-state index in [0.29, 0.717) is 0 Å². The van der Waals surface area contributed by atoms with Crippen LogP contribution in [-0.4, -0.2) is 22.2 Å². The van der Waals surface area contributed by atoms with Crippen molar-refractivity contribution in [3.05, 3.63) is 41.5 Å². The van der Waals surface area contributed by atoms with E-state index in [1.165, 1.54) is 11.1 Å². The Hall–Kier alpha value is -2.14. The van der Waals surface area contributed by atoms with Gasteiger partial charge >= 0.3 is 11.9 Å². The van der Waals surface area contributed by atoms with Gasteiger partial charge in [0.2, 0.25) is 0 Å². The summed E-state index contributed by atoms with van der Waals surface area (Å²) in [6, 6.07) is 8.56. The van der Waals surface area contributed by atoms with Crippen LogP contribution in [0.2, 0.25) is 0 Å². The Morgan fingerprint density at radius 2 is 1.56 bits per heavy atom. The number of carbonyl (C=O) groups is 2. The number of aliphatic carboxylic acids is 2. The Balaban J connectivity index is 0.000000362. The van der Waals surface area contributed by atoms with Gasteiger partial charge in [0.15, 0.2) is 0 Å². The van der Waals surface area contributed by atoms with E-state index in [0.717, 1.165) is 0 Å². The van der Waals surface area contributed by atoms with Crippen LogP contribution >= 0.6 is 0 Å². The first-order valence-corrected chi connectivity index (χ1v) is 5.09. The number of hydrogen-bond donors (Lipinski definition) is 3. The fourth-order valence-electron chi connectivity index (χ4n) is 1.62. The van der Waals surface area contributed by atoms with Gasteiger partial charge in [-0.1, -0.05) is 50.3 Å². The predicted molar refractivity (Wildman–Crippen MR) is 68.8 cm³/mol. The lowest BCUT2D eigenvalue weighted by molar-refractivity contribution is -0.159. The molecule has 0 saturated heterocycles. The number of hydrogen-bond acceptors (Lipinski definition) is 3. The van der Waals surface area contributed by atoms with E-state index in [2.05, 4.69) is 50.3 Å². The van der Waals surface area contributed by atoms with Crippen molar-refractivity contribution in [2.24, 2.45) is 0 Å². The molecule has 5 nitrogen and oxygen atoms in total. The number of rotatable bonds is 0. The molecule has 98 valence electrons. The summed E-state index contributed by atoms with van der Waals surface area (Å²) in [5.74, 6) is -3.65. The molecular weight excluding hydrogens is 234 g/mol. The van der Waals surface area contributed by atoms with Crippen LogP contribution in [0.4, 0.5) is 0 Å². The highest BCUT2D eigenvalue weighted by Crippen LogP contribution is 2.34. The molecule has 0 bridgehead atoms. The Labute approximate surface area is 105 Å². The van der Waals surface area contributed by atoms with Gasteiger partial charge in [-0.2, -0.15) is 0 Å². The quantitative estimate of drug-likeness (QED) is 0.613. The summed E-state index contributed by atoms with van der Waals surface area (Å²) >= 11 is 0. The average Bonchev–Trinajstić information content (AvgIpc) is 2.57. The molecule has 1 aromatic carbocycles. The summed E-state index contributed by atoms with van der Waals surface area (Å²) in [5, 5.41) is 14.8. The molecule has 1 aromatic rings. The molecule has 18 heavy (non-hydrogen) atoms. The summed E-state index contributed by atoms with van der Waals surface area (Å²) < 4.78 is 0. The normalized spacial score (nSPS) is 13.7. The van der Waals surface area contributed by atoms with Crippen molar-refractivity contribution >= 4 is 18.0 Å². The molecule has 1 aliphatic rings. The maximum atomic E-state index is 9.10. The number of allylic oxidation sites excluding steroid dienone is 1. The third kappa shape index (κ3) is 3.71. The standard InChI is InChI=1S/C11H12.C2H2O4.H3N/c1-11(2)8-7-9-5-3-4-6-10(9)11;3-1(4)2(5)6;/h3-8H,1-2H3;(H,3,4)(H,5,6);1H3. The third-order valence-corrected chi connectivity index (χ3v) is 2.52. The minimum Gasteiger partial charge on any atom is -0.473 e. The lowest BCUT2D eigenvalue weighted by Gasteiger charge is -2.16. The summed E-state index contributed by atoms with van der Waals surface area (Å²) in [4.78, 5) is 18.2. The van der Waals surface area contributed by atoms with Gasteiger partial charge in [0.1, 0.15) is 0 Å². The van der Waals surface area contributed by atoms with Crippen molar-refractivity contribution in [1.29, 1.82) is 0 Å². The van der Waals surface area contributed by atoms with E-state index in [1.54, 1.807) is 0 Å². The minimum atomic E-state index is -1.82. The molecule has 5 N–H and O–H groups in total. The average molecular weight is 251 g/mol.